The summed E-state index contributed by atoms with van der Waals surface area (Å²) in [6.45, 7) is 7.75. The minimum absolute atomic E-state index is 0.449. The highest BCUT2D eigenvalue weighted by molar-refractivity contribution is 4.84. The molecule has 1 heteroatoms. The summed E-state index contributed by atoms with van der Waals surface area (Å²) in [5.41, 5.74) is 0. The molecule has 0 saturated carbocycles. The molecule has 0 rings (SSSR count). The molecule has 42 valence electrons. The molecule has 0 aliphatic heterocycles. The van der Waals surface area contributed by atoms with Gasteiger partial charge in [-0.2, -0.15) is 0 Å². The number of ether oxygens (including phenoxy) is 1. The normalized spacial score (nSPS) is 9.14. The van der Waals surface area contributed by atoms with Crippen LogP contribution < -0.4 is 0 Å². The molecule has 0 aromatic rings. The van der Waals surface area contributed by atoms with Crippen LogP contribution in [0.4, 0.5) is 0 Å². The third-order valence-electron chi connectivity index (χ3n) is 0.906. The molecule has 0 fully saturated rings. The standard InChI is InChI=1S/C6H12O/c1-5(2)6(3)7-4/h5H,3H2,1-2,4H3. The number of rotatable bonds is 2. The summed E-state index contributed by atoms with van der Waals surface area (Å²) in [6.07, 6.45) is 0. The highest BCUT2D eigenvalue weighted by Gasteiger charge is 1.94. The molecule has 1 nitrogen and oxygen atoms in total. The van der Waals surface area contributed by atoms with Crippen LogP contribution in [0.2, 0.25) is 0 Å². The first-order valence-electron chi connectivity index (χ1n) is 2.41. The van der Waals surface area contributed by atoms with Crippen molar-refractivity contribution >= 4 is 0 Å². The number of allylic oxidation sites excluding steroid dienone is 1. The van der Waals surface area contributed by atoms with Gasteiger partial charge >= 0.3 is 0 Å². The van der Waals surface area contributed by atoms with Gasteiger partial charge in [0.2, 0.25) is 0 Å². The third kappa shape index (κ3) is 2.26. The Morgan fingerprint density at radius 1 is 1.57 bits per heavy atom. The molecule has 0 heterocycles. The molecule has 0 saturated heterocycles. The van der Waals surface area contributed by atoms with Crippen LogP contribution in [0.1, 0.15) is 13.8 Å². The van der Waals surface area contributed by atoms with Gasteiger partial charge in [0.15, 0.2) is 0 Å². The fraction of sp³-hybridized carbons (Fsp3) is 0.667. The lowest BCUT2D eigenvalue weighted by molar-refractivity contribution is 0.256. The van der Waals surface area contributed by atoms with Crippen molar-refractivity contribution in [3.8, 4) is 0 Å². The highest BCUT2D eigenvalue weighted by atomic mass is 16.5. The Balaban J connectivity index is 3.35. The summed E-state index contributed by atoms with van der Waals surface area (Å²) in [7, 11) is 1.64. The van der Waals surface area contributed by atoms with E-state index in [0.717, 1.165) is 5.76 Å². The lowest BCUT2D eigenvalue weighted by atomic mass is 10.2. The lowest BCUT2D eigenvalue weighted by Crippen LogP contribution is -1.92. The predicted molar refractivity (Wildman–Crippen MR) is 31.0 cm³/mol. The average Bonchev–Trinajstić information content (AvgIpc) is 1.65. The Labute approximate surface area is 45.0 Å². The van der Waals surface area contributed by atoms with E-state index in [1.54, 1.807) is 7.11 Å². The fourth-order valence-corrected chi connectivity index (χ4v) is 0.236. The maximum atomic E-state index is 4.82. The molecule has 0 radical (unpaired) electrons. The first kappa shape index (κ1) is 6.54. The molecule has 0 N–H and O–H groups in total. The Kier molecular flexibility index (Phi) is 2.49. The van der Waals surface area contributed by atoms with Gasteiger partial charge in [0.25, 0.3) is 0 Å². The van der Waals surface area contributed by atoms with Gasteiger partial charge in [-0.3, -0.25) is 0 Å². The van der Waals surface area contributed by atoms with Crippen LogP contribution in [0.25, 0.3) is 0 Å². The molecule has 0 aliphatic rings. The Hall–Kier alpha value is -0.460. The second-order valence-electron chi connectivity index (χ2n) is 1.83. The fourth-order valence-electron chi connectivity index (χ4n) is 0.236. The Morgan fingerprint density at radius 3 is 2.00 bits per heavy atom. The molecule has 7 heavy (non-hydrogen) atoms. The van der Waals surface area contributed by atoms with Gasteiger partial charge < -0.3 is 4.74 Å². The molecular formula is C6H12O. The summed E-state index contributed by atoms with van der Waals surface area (Å²) in [5.74, 6) is 1.30. The smallest absolute Gasteiger partial charge is 0.0909 e. The van der Waals surface area contributed by atoms with Crippen molar-refractivity contribution in [1.82, 2.24) is 0 Å². The zero-order valence-electron chi connectivity index (χ0n) is 5.19. The van der Waals surface area contributed by atoms with E-state index >= 15 is 0 Å². The Morgan fingerprint density at radius 2 is 2.00 bits per heavy atom. The minimum Gasteiger partial charge on any atom is -0.501 e. The maximum absolute atomic E-state index is 4.82. The number of hydrogen-bond donors (Lipinski definition) is 0. The summed E-state index contributed by atoms with van der Waals surface area (Å²) in [4.78, 5) is 0. The average molecular weight is 100 g/mol. The van der Waals surface area contributed by atoms with Crippen molar-refractivity contribution in [3.63, 3.8) is 0 Å². The molecular weight excluding hydrogens is 88.1 g/mol. The Bertz CT molecular complexity index is 64.6. The van der Waals surface area contributed by atoms with Crippen LogP contribution in [0.3, 0.4) is 0 Å². The van der Waals surface area contributed by atoms with Gasteiger partial charge in [-0.25, -0.2) is 0 Å². The molecule has 0 unspecified atom stereocenters. The number of methoxy groups -OCH3 is 1. The van der Waals surface area contributed by atoms with Crippen LogP contribution in [0.15, 0.2) is 12.3 Å². The highest BCUT2D eigenvalue weighted by Crippen LogP contribution is 2.04. The van der Waals surface area contributed by atoms with Crippen molar-refractivity contribution in [2.45, 2.75) is 13.8 Å². The largest absolute Gasteiger partial charge is 0.501 e. The predicted octanol–water partition coefficient (Wildman–Crippen LogP) is 1.80. The molecule has 0 spiro atoms. The van der Waals surface area contributed by atoms with Crippen molar-refractivity contribution in [2.75, 3.05) is 7.11 Å². The summed E-state index contributed by atoms with van der Waals surface area (Å²) >= 11 is 0. The lowest BCUT2D eigenvalue weighted by Gasteiger charge is -2.04. The van der Waals surface area contributed by atoms with E-state index in [2.05, 4.69) is 6.58 Å². The third-order valence-corrected chi connectivity index (χ3v) is 0.906. The molecule has 0 aromatic heterocycles. The van der Waals surface area contributed by atoms with E-state index in [1.807, 2.05) is 13.8 Å². The van der Waals surface area contributed by atoms with Crippen LogP contribution in [-0.2, 0) is 4.74 Å². The molecule has 0 amide bonds. The van der Waals surface area contributed by atoms with Crippen LogP contribution in [0.5, 0.6) is 0 Å². The molecule has 0 atom stereocenters. The summed E-state index contributed by atoms with van der Waals surface area (Å²) < 4.78 is 4.82. The van der Waals surface area contributed by atoms with Crippen molar-refractivity contribution < 1.29 is 4.74 Å². The quantitative estimate of drug-likeness (QED) is 0.481. The first-order valence-corrected chi connectivity index (χ1v) is 2.41. The zero-order valence-corrected chi connectivity index (χ0v) is 5.19. The topological polar surface area (TPSA) is 9.23 Å². The minimum atomic E-state index is 0.449. The SMILES string of the molecule is C=C(OC)C(C)C. The second kappa shape index (κ2) is 2.67. The van der Waals surface area contributed by atoms with E-state index in [4.69, 9.17) is 4.74 Å². The van der Waals surface area contributed by atoms with Gasteiger partial charge in [0, 0.05) is 5.92 Å². The summed E-state index contributed by atoms with van der Waals surface area (Å²) in [6, 6.07) is 0. The molecule has 0 aliphatic carbocycles. The van der Waals surface area contributed by atoms with Gasteiger partial charge in [-0.05, 0) is 0 Å². The van der Waals surface area contributed by atoms with E-state index < -0.39 is 0 Å². The number of hydrogen-bond acceptors (Lipinski definition) is 1. The zero-order chi connectivity index (χ0) is 5.86. The van der Waals surface area contributed by atoms with Crippen LogP contribution in [0, 0.1) is 5.92 Å². The van der Waals surface area contributed by atoms with E-state index in [9.17, 15) is 0 Å². The van der Waals surface area contributed by atoms with E-state index in [0.29, 0.717) is 5.92 Å². The first-order chi connectivity index (χ1) is 3.18. The van der Waals surface area contributed by atoms with Gasteiger partial charge in [-0.15, -0.1) is 0 Å². The van der Waals surface area contributed by atoms with Gasteiger partial charge in [0.05, 0.1) is 12.9 Å². The maximum Gasteiger partial charge on any atom is 0.0909 e. The second-order valence-corrected chi connectivity index (χ2v) is 1.83. The van der Waals surface area contributed by atoms with Crippen LogP contribution >= 0.6 is 0 Å². The van der Waals surface area contributed by atoms with Gasteiger partial charge in [0.1, 0.15) is 0 Å². The summed E-state index contributed by atoms with van der Waals surface area (Å²) in [5, 5.41) is 0. The van der Waals surface area contributed by atoms with Crippen LogP contribution in [-0.4, -0.2) is 7.11 Å². The van der Waals surface area contributed by atoms with Gasteiger partial charge in [-0.1, -0.05) is 20.4 Å². The monoisotopic (exact) mass is 100 g/mol. The molecule has 0 bridgehead atoms. The van der Waals surface area contributed by atoms with E-state index in [-0.39, 0.29) is 0 Å². The van der Waals surface area contributed by atoms with E-state index in [1.165, 1.54) is 0 Å². The molecule has 0 aromatic carbocycles. The van der Waals surface area contributed by atoms with Crippen molar-refractivity contribution in [3.05, 3.63) is 12.3 Å². The van der Waals surface area contributed by atoms with Crippen molar-refractivity contribution in [2.24, 2.45) is 5.92 Å². The van der Waals surface area contributed by atoms with Crippen molar-refractivity contribution in [1.29, 1.82) is 0 Å².